The highest BCUT2D eigenvalue weighted by Gasteiger charge is 2.46. The second kappa shape index (κ2) is 39.5. The number of aromatic nitrogens is 3. The maximum atomic E-state index is 14.6. The normalized spacial score (nSPS) is 18.5. The topological polar surface area (TPSA) is 472 Å². The molecule has 0 aliphatic carbocycles. The smallest absolute Gasteiger partial charge is 0.493 e. The van der Waals surface area contributed by atoms with Crippen molar-refractivity contribution in [2.24, 2.45) is 15.9 Å². The Balaban J connectivity index is 0.613. The Morgan fingerprint density at radius 3 is 1.97 bits per heavy atom. The molecule has 8 atom stereocenters. The summed E-state index contributed by atoms with van der Waals surface area (Å²) in [5.41, 5.74) is 7.20. The minimum Gasteiger partial charge on any atom is -0.493 e. The number of carbonyl (C=O) groups is 6. The predicted molar refractivity (Wildman–Crippen MR) is 450 cm³/mol. The van der Waals surface area contributed by atoms with E-state index in [1.165, 1.54) is 73.5 Å². The number of fused-ring (bicyclic) bond motifs is 6. The number of benzene rings is 8. The van der Waals surface area contributed by atoms with E-state index in [0.717, 1.165) is 39.9 Å². The van der Waals surface area contributed by atoms with E-state index in [1.54, 1.807) is 77.8 Å². The molecule has 38 heteroatoms. The minimum atomic E-state index is -5.36. The third-order valence-electron chi connectivity index (χ3n) is 21.7. The van der Waals surface area contributed by atoms with Gasteiger partial charge in [-0.2, -0.15) is 8.42 Å². The minimum absolute atomic E-state index is 0.0229. The third-order valence-corrected chi connectivity index (χ3v) is 25.0. The number of aliphatic imine (C=N–C) groups is 2. The number of hydrogen-bond donors (Lipinski definition) is 6. The first-order valence-electron chi connectivity index (χ1n) is 40.1. The Bertz CT molecular complexity index is 5860. The summed E-state index contributed by atoms with van der Waals surface area (Å²) in [6.45, 7) is 1.00. The Morgan fingerprint density at radius 1 is 0.619 bits per heavy atom. The first kappa shape index (κ1) is 90.0. The number of ether oxygens (including phenoxy) is 8. The number of rotatable bonds is 39. The van der Waals surface area contributed by atoms with Gasteiger partial charge in [0.05, 0.1) is 98.6 Å². The number of aliphatic hydroxyl groups excluding tert-OH is 4. The van der Waals surface area contributed by atoms with Gasteiger partial charge < -0.3 is 81.8 Å². The van der Waals surface area contributed by atoms with E-state index >= 15 is 0 Å². The summed E-state index contributed by atoms with van der Waals surface area (Å²) in [7, 11) is -11.1. The molecule has 35 nitrogen and oxygen atoms in total. The maximum absolute atomic E-state index is 14.6. The molecule has 126 heavy (non-hydrogen) atoms. The molecule has 1 aromatic heterocycles. The number of nitrogens with zero attached hydrogens (tertiary/aromatic N) is 7. The lowest BCUT2D eigenvalue weighted by atomic mass is 9.94. The summed E-state index contributed by atoms with van der Waals surface area (Å²) < 4.78 is 149. The van der Waals surface area contributed by atoms with E-state index in [-0.39, 0.29) is 150 Å². The molecule has 6 heterocycles. The van der Waals surface area contributed by atoms with E-state index in [2.05, 4.69) is 15.6 Å². The number of methoxy groups -OCH3 is 2. The van der Waals surface area contributed by atoms with Gasteiger partial charge in [0.2, 0.25) is 12.2 Å². The number of ketones is 3. The van der Waals surface area contributed by atoms with Crippen LogP contribution in [0.4, 0.5) is 5.69 Å². The molecule has 1 unspecified atom stereocenters. The molecule has 0 radical (unpaired) electrons. The zero-order valence-corrected chi connectivity index (χ0v) is 70.8. The van der Waals surface area contributed by atoms with Crippen LogP contribution in [-0.2, 0) is 102 Å². The lowest BCUT2D eigenvalue weighted by molar-refractivity contribution is -0.277. The lowest BCUT2D eigenvalue weighted by Gasteiger charge is -2.39. The van der Waals surface area contributed by atoms with Crippen molar-refractivity contribution in [2.75, 3.05) is 58.7 Å². The van der Waals surface area contributed by atoms with Crippen LogP contribution in [0.1, 0.15) is 128 Å². The Hall–Kier alpha value is -12.2. The molecule has 662 valence electrons. The van der Waals surface area contributed by atoms with Crippen LogP contribution in [0.5, 0.6) is 40.2 Å². The summed E-state index contributed by atoms with van der Waals surface area (Å²) in [5.74, 6) is -7.25. The SMILES string of the molecule is COc1cc2c(cc1OCc1cc(COc3cc4c(cc3OC)C(=O)N3Cc5ccccc5C[C@H]3C=N4)cc(OS(=O)(=O)Oc3cc(C(=O)CCCOCCn4cc(COCCNC(=O)[C@@H](CC(=O)c5cccc(C(=O)CCS(=O)(=O)c6ccc(C)cc6)c5)CS(=O)(=O)O)nn4)ccc3OC3O[C@H](CO)[C@H](O)[C@H](O)[C@H]3O)c1)C=N[C@@H]1Cc3ccccc3CN1C2=O. The van der Waals surface area contributed by atoms with Crippen molar-refractivity contribution in [3.63, 3.8) is 0 Å². The predicted octanol–water partition coefficient (Wildman–Crippen LogP) is 7.02. The zero-order chi connectivity index (χ0) is 89.1. The van der Waals surface area contributed by atoms with Crippen LogP contribution in [0, 0.1) is 12.8 Å². The summed E-state index contributed by atoms with van der Waals surface area (Å²) in [5, 5.41) is 53.0. The molecule has 14 rings (SSSR count). The molecule has 6 N–H and O–H groups in total. The van der Waals surface area contributed by atoms with Crippen molar-refractivity contribution in [2.45, 2.75) is 133 Å². The number of Topliss-reactive ketones (excluding diaryl/α,β-unsaturated/α-hetero) is 3. The second-order valence-corrected chi connectivity index (χ2v) is 35.3. The van der Waals surface area contributed by atoms with Crippen molar-refractivity contribution in [1.82, 2.24) is 30.1 Å². The Labute approximate surface area is 724 Å². The summed E-state index contributed by atoms with van der Waals surface area (Å²) in [6, 6.07) is 40.9. The van der Waals surface area contributed by atoms with Gasteiger partial charge in [-0.15, -0.1) is 13.5 Å². The van der Waals surface area contributed by atoms with Crippen LogP contribution in [0.2, 0.25) is 0 Å². The third kappa shape index (κ3) is 22.0. The fourth-order valence-electron chi connectivity index (χ4n) is 15.0. The van der Waals surface area contributed by atoms with Crippen molar-refractivity contribution >= 4 is 83.5 Å². The van der Waals surface area contributed by atoms with Crippen LogP contribution in [0.15, 0.2) is 179 Å². The second-order valence-electron chi connectivity index (χ2n) is 30.6. The van der Waals surface area contributed by atoms with Gasteiger partial charge in [-0.05, 0) is 126 Å². The number of amides is 3. The lowest BCUT2D eigenvalue weighted by Crippen LogP contribution is -2.60. The van der Waals surface area contributed by atoms with Crippen molar-refractivity contribution < 1.29 is 125 Å². The number of hydrogen-bond acceptors (Lipinski definition) is 30. The molecule has 0 saturated carbocycles. The quantitative estimate of drug-likeness (QED) is 0.0128. The molecule has 0 spiro atoms. The highest BCUT2D eigenvalue weighted by molar-refractivity contribution is 7.91. The summed E-state index contributed by atoms with van der Waals surface area (Å²) >= 11 is 0. The first-order chi connectivity index (χ1) is 60.5. The van der Waals surface area contributed by atoms with E-state index in [0.29, 0.717) is 48.4 Å². The molecule has 1 fully saturated rings. The molecular formula is C88H90N8O27S3. The largest absolute Gasteiger partial charge is 0.501 e. The first-order valence-corrected chi connectivity index (χ1v) is 44.7. The molecule has 9 aromatic rings. The Morgan fingerprint density at radius 2 is 1.27 bits per heavy atom. The van der Waals surface area contributed by atoms with Crippen LogP contribution in [0.25, 0.3) is 0 Å². The molecule has 5 aliphatic rings. The molecule has 1 saturated heterocycles. The number of aryl methyl sites for hydroxylation is 1. The van der Waals surface area contributed by atoms with Gasteiger partial charge >= 0.3 is 10.4 Å². The van der Waals surface area contributed by atoms with Gasteiger partial charge in [-0.1, -0.05) is 89.6 Å². The number of nitrogens with one attached hydrogen (secondary N) is 1. The molecule has 3 amide bonds. The average Bonchev–Trinajstić information content (AvgIpc) is 1.59. The van der Waals surface area contributed by atoms with Crippen molar-refractivity contribution in [3.05, 3.63) is 242 Å². The average molecular weight is 1790 g/mol. The van der Waals surface area contributed by atoms with Gasteiger partial charge in [0.25, 0.3) is 21.9 Å². The fourth-order valence-corrected chi connectivity index (χ4v) is 17.8. The van der Waals surface area contributed by atoms with Gasteiger partial charge in [0, 0.05) is 92.7 Å². The number of aliphatic hydroxyl groups is 4. The van der Waals surface area contributed by atoms with Crippen LogP contribution in [-0.4, -0.2) is 224 Å². The summed E-state index contributed by atoms with van der Waals surface area (Å²) in [4.78, 5) is 95.6. The van der Waals surface area contributed by atoms with Gasteiger partial charge in [0.15, 0.2) is 61.7 Å². The molecule has 0 bridgehead atoms. The van der Waals surface area contributed by atoms with Crippen LogP contribution in [0.3, 0.4) is 0 Å². The van der Waals surface area contributed by atoms with E-state index in [4.69, 9.17) is 56.2 Å². The van der Waals surface area contributed by atoms with Crippen molar-refractivity contribution in [1.29, 1.82) is 0 Å². The van der Waals surface area contributed by atoms with Gasteiger partial charge in [-0.3, -0.25) is 43.3 Å². The highest BCUT2D eigenvalue weighted by atomic mass is 32.3. The summed E-state index contributed by atoms with van der Waals surface area (Å²) in [6.07, 6.45) is -4.67. The number of carbonyl (C=O) groups excluding carboxylic acids is 6. The van der Waals surface area contributed by atoms with Crippen LogP contribution >= 0.6 is 0 Å². The van der Waals surface area contributed by atoms with E-state index < -0.39 is 139 Å². The van der Waals surface area contributed by atoms with Crippen LogP contribution < -0.4 is 37.4 Å². The highest BCUT2D eigenvalue weighted by Crippen LogP contribution is 2.42. The number of sulfone groups is 1. The van der Waals surface area contributed by atoms with Gasteiger partial charge in [0.1, 0.15) is 55.2 Å². The molecule has 8 aromatic carbocycles. The zero-order valence-electron chi connectivity index (χ0n) is 68.4. The fraction of sp³-hybridized carbons (Fsp3) is 0.341. The molecule has 5 aliphatic heterocycles. The van der Waals surface area contributed by atoms with Crippen molar-refractivity contribution in [3.8, 4) is 40.2 Å². The molecular weight excluding hydrogens is 1700 g/mol. The van der Waals surface area contributed by atoms with E-state index in [1.807, 2.05) is 48.5 Å². The van der Waals surface area contributed by atoms with Gasteiger partial charge in [-0.25, -0.2) is 13.1 Å². The standard InChI is InChI=1S/C88H90N8O27S3/c1-52-17-20-67(21-18-52)124(107,108)29-23-72(99)57-14-8-15-58(33-57)73(100)35-63(51-125(109,110)111)85(104)89-24-27-117-50-64-46-94(93-92-64)25-28-116-26-9-16-71(98)59-19-22-74(120-88-84(103)83(102)82(101)80(47-97)121-88)79(36-59)123-126(112,113)122-66-31-53(48-118-77-37-62-42-91-81-38-56-11-5-7-13-61(56)45-96(81)86(105)68(62)39-75(77)114-2)30-54(32-66)49-119-78-41-70-69(40-76(78)115-3)87(106)95-44-60-12-6-4-10-55(60)34-65(95)43-90-70/h4-8,10-15,17-22,30-33,36-37,39-43,46,63,65,80-84,88,97,101-103H,9,16,23-29,34-35,38,44-45,47-51H2,1-3H3,(H,89,104)(H,109,110,111)/t63-,65-,80+,81-,82-,83-,84+,88?/m0/s1. The van der Waals surface area contributed by atoms with E-state index in [9.17, 15) is 79.0 Å². The monoisotopic (exact) mass is 1790 g/mol. The maximum Gasteiger partial charge on any atom is 0.501 e. The Kier molecular flexibility index (Phi) is 28.3.